The molecule has 0 spiro atoms. The predicted molar refractivity (Wildman–Crippen MR) is 86.6 cm³/mol. The molecule has 0 radical (unpaired) electrons. The molecule has 1 aromatic carbocycles. The Bertz CT molecular complexity index is 465. The highest BCUT2D eigenvalue weighted by molar-refractivity contribution is 5.96. The zero-order chi connectivity index (χ0) is 16.4. The molecule has 5 nitrogen and oxygen atoms in total. The van der Waals surface area contributed by atoms with Gasteiger partial charge < -0.3 is 15.0 Å². The molecule has 1 rings (SSSR count). The van der Waals surface area contributed by atoms with Crippen molar-refractivity contribution in [3.05, 3.63) is 29.8 Å². The number of ether oxygens (including phenoxy) is 1. The van der Waals surface area contributed by atoms with E-state index in [1.165, 1.54) is 0 Å². The normalized spacial score (nSPS) is 10.1. The van der Waals surface area contributed by atoms with Gasteiger partial charge in [0, 0.05) is 19.6 Å². The summed E-state index contributed by atoms with van der Waals surface area (Å²) in [7, 11) is 1.61. The van der Waals surface area contributed by atoms with Crippen molar-refractivity contribution in [1.29, 1.82) is 0 Å². The Morgan fingerprint density at radius 2 is 1.68 bits per heavy atom. The largest absolute Gasteiger partial charge is 0.497 e. The van der Waals surface area contributed by atoms with Gasteiger partial charge in [0.05, 0.1) is 7.11 Å². The molecule has 0 fully saturated rings. The molecule has 0 atom stereocenters. The number of methoxy groups -OCH3 is 1. The van der Waals surface area contributed by atoms with Crippen molar-refractivity contribution >= 4 is 11.8 Å². The number of carbonyl (C=O) groups is 2. The van der Waals surface area contributed by atoms with Crippen molar-refractivity contribution in [3.63, 3.8) is 0 Å². The number of nitrogens with one attached hydrogen (secondary N) is 1. The number of benzene rings is 1. The number of rotatable bonds is 9. The van der Waals surface area contributed by atoms with Gasteiger partial charge in [-0.25, -0.2) is 0 Å². The van der Waals surface area contributed by atoms with Gasteiger partial charge in [-0.2, -0.15) is 0 Å². The summed E-state index contributed by atoms with van der Waals surface area (Å²) < 4.78 is 5.08. The second kappa shape index (κ2) is 9.82. The van der Waals surface area contributed by atoms with Crippen LogP contribution in [0.5, 0.6) is 5.75 Å². The van der Waals surface area contributed by atoms with E-state index in [-0.39, 0.29) is 18.2 Å². The molecule has 0 aliphatic heterocycles. The summed E-state index contributed by atoms with van der Waals surface area (Å²) in [6.45, 7) is 5.88. The van der Waals surface area contributed by atoms with E-state index in [0.717, 1.165) is 24.2 Å². The van der Waals surface area contributed by atoms with Crippen LogP contribution in [-0.4, -0.2) is 36.9 Å². The molecule has 0 aliphatic rings. The lowest BCUT2D eigenvalue weighted by Crippen LogP contribution is -2.36. The highest BCUT2D eigenvalue weighted by Gasteiger charge is 2.15. The smallest absolute Gasteiger partial charge is 0.232 e. The van der Waals surface area contributed by atoms with Crippen LogP contribution in [-0.2, 0) is 16.1 Å². The van der Waals surface area contributed by atoms with Gasteiger partial charge >= 0.3 is 0 Å². The Kier molecular flexibility index (Phi) is 8.04. The second-order valence-electron chi connectivity index (χ2n) is 5.18. The number of amides is 2. The highest BCUT2D eigenvalue weighted by Crippen LogP contribution is 2.11. The fourth-order valence-corrected chi connectivity index (χ4v) is 2.16. The van der Waals surface area contributed by atoms with Gasteiger partial charge in [-0.3, -0.25) is 9.59 Å². The molecule has 0 aliphatic carbocycles. The third-order valence-electron chi connectivity index (χ3n) is 3.30. The number of hydrogen-bond acceptors (Lipinski definition) is 3. The van der Waals surface area contributed by atoms with Gasteiger partial charge in [-0.05, 0) is 30.5 Å². The molecule has 2 amide bonds. The Labute approximate surface area is 132 Å². The summed E-state index contributed by atoms with van der Waals surface area (Å²) in [4.78, 5) is 25.7. The second-order valence-corrected chi connectivity index (χ2v) is 5.18. The van der Waals surface area contributed by atoms with Crippen molar-refractivity contribution in [2.45, 2.75) is 39.7 Å². The lowest BCUT2D eigenvalue weighted by atomic mass is 10.2. The van der Waals surface area contributed by atoms with E-state index in [1.807, 2.05) is 38.1 Å². The van der Waals surface area contributed by atoms with E-state index in [1.54, 1.807) is 12.0 Å². The Hall–Kier alpha value is -2.04. The highest BCUT2D eigenvalue weighted by atomic mass is 16.5. The molecule has 5 heteroatoms. The minimum absolute atomic E-state index is 0.0871. The number of nitrogens with zero attached hydrogens (tertiary/aromatic N) is 1. The van der Waals surface area contributed by atoms with Crippen molar-refractivity contribution in [2.75, 3.05) is 20.2 Å². The molecule has 0 aromatic heterocycles. The van der Waals surface area contributed by atoms with E-state index < -0.39 is 0 Å². The summed E-state index contributed by atoms with van der Waals surface area (Å²) in [6, 6.07) is 7.47. The van der Waals surface area contributed by atoms with Gasteiger partial charge in [0.15, 0.2) is 0 Å². The predicted octanol–water partition coefficient (Wildman–Crippen LogP) is 2.35. The fourth-order valence-electron chi connectivity index (χ4n) is 2.16. The van der Waals surface area contributed by atoms with Crippen molar-refractivity contribution in [2.24, 2.45) is 0 Å². The number of carbonyl (C=O) groups excluding carboxylic acids is 2. The fraction of sp³-hybridized carbons (Fsp3) is 0.529. The molecule has 0 saturated heterocycles. The van der Waals surface area contributed by atoms with Crippen LogP contribution >= 0.6 is 0 Å². The quantitative estimate of drug-likeness (QED) is 0.713. The van der Waals surface area contributed by atoms with Crippen LogP contribution in [0.15, 0.2) is 24.3 Å². The minimum Gasteiger partial charge on any atom is -0.497 e. The molecule has 0 unspecified atom stereocenters. The third-order valence-corrected chi connectivity index (χ3v) is 3.30. The van der Waals surface area contributed by atoms with E-state index in [0.29, 0.717) is 19.6 Å². The Morgan fingerprint density at radius 3 is 2.18 bits per heavy atom. The standard InChI is InChI=1S/C17H26N2O3/c1-4-10-19(11-5-2)17(21)12-16(20)18-13-14-6-8-15(22-3)9-7-14/h6-9H,4-5,10-13H2,1-3H3,(H,18,20). The first-order valence-corrected chi connectivity index (χ1v) is 7.78. The lowest BCUT2D eigenvalue weighted by molar-refractivity contribution is -0.136. The van der Waals surface area contributed by atoms with Crippen LogP contribution in [0.1, 0.15) is 38.7 Å². The van der Waals surface area contributed by atoms with Crippen molar-refractivity contribution in [1.82, 2.24) is 10.2 Å². The van der Waals surface area contributed by atoms with E-state index in [9.17, 15) is 9.59 Å². The topological polar surface area (TPSA) is 58.6 Å². The first-order valence-electron chi connectivity index (χ1n) is 7.78. The molecule has 0 saturated carbocycles. The summed E-state index contributed by atoms with van der Waals surface area (Å²) in [6.07, 6.45) is 1.72. The maximum Gasteiger partial charge on any atom is 0.232 e. The van der Waals surface area contributed by atoms with Crippen LogP contribution in [0.4, 0.5) is 0 Å². The summed E-state index contributed by atoms with van der Waals surface area (Å²) in [5.74, 6) is 0.439. The maximum absolute atomic E-state index is 12.1. The molecule has 0 bridgehead atoms. The summed E-state index contributed by atoms with van der Waals surface area (Å²) >= 11 is 0. The summed E-state index contributed by atoms with van der Waals surface area (Å²) in [5.41, 5.74) is 0.973. The molecule has 1 N–H and O–H groups in total. The Morgan fingerprint density at radius 1 is 1.09 bits per heavy atom. The van der Waals surface area contributed by atoms with E-state index >= 15 is 0 Å². The average Bonchev–Trinajstić information content (AvgIpc) is 2.53. The maximum atomic E-state index is 12.1. The van der Waals surface area contributed by atoms with Crippen molar-refractivity contribution < 1.29 is 14.3 Å². The van der Waals surface area contributed by atoms with E-state index in [2.05, 4.69) is 5.32 Å². The number of hydrogen-bond donors (Lipinski definition) is 1. The SMILES string of the molecule is CCCN(CCC)C(=O)CC(=O)NCc1ccc(OC)cc1. The van der Waals surface area contributed by atoms with Crippen molar-refractivity contribution in [3.8, 4) is 5.75 Å². The van der Waals surface area contributed by atoms with Gasteiger partial charge in [0.2, 0.25) is 11.8 Å². The Balaban J connectivity index is 2.42. The van der Waals surface area contributed by atoms with Gasteiger partial charge in [0.1, 0.15) is 12.2 Å². The molecule has 0 heterocycles. The van der Waals surface area contributed by atoms with Crippen LogP contribution in [0.2, 0.25) is 0 Å². The molecule has 122 valence electrons. The monoisotopic (exact) mass is 306 g/mol. The van der Waals surface area contributed by atoms with Gasteiger partial charge in [-0.1, -0.05) is 26.0 Å². The zero-order valence-corrected chi connectivity index (χ0v) is 13.7. The molecule has 1 aromatic rings. The van der Waals surface area contributed by atoms with Gasteiger partial charge in [0.25, 0.3) is 0 Å². The zero-order valence-electron chi connectivity index (χ0n) is 13.7. The molecular weight excluding hydrogens is 280 g/mol. The van der Waals surface area contributed by atoms with Crippen LogP contribution in [0, 0.1) is 0 Å². The van der Waals surface area contributed by atoms with E-state index in [4.69, 9.17) is 4.74 Å². The lowest BCUT2D eigenvalue weighted by Gasteiger charge is -2.21. The molecule has 22 heavy (non-hydrogen) atoms. The van der Waals surface area contributed by atoms with Crippen LogP contribution < -0.4 is 10.1 Å². The summed E-state index contributed by atoms with van der Waals surface area (Å²) in [5, 5.41) is 2.78. The van der Waals surface area contributed by atoms with Crippen LogP contribution in [0.3, 0.4) is 0 Å². The first-order chi connectivity index (χ1) is 10.6. The minimum atomic E-state index is -0.238. The van der Waals surface area contributed by atoms with Crippen LogP contribution in [0.25, 0.3) is 0 Å². The van der Waals surface area contributed by atoms with Gasteiger partial charge in [-0.15, -0.1) is 0 Å². The average molecular weight is 306 g/mol. The molecular formula is C17H26N2O3. The first kappa shape index (κ1) is 18.0. The third kappa shape index (κ3) is 6.16.